The van der Waals surface area contributed by atoms with E-state index in [4.69, 9.17) is 5.11 Å². The molecule has 0 spiro atoms. The maximum atomic E-state index is 11.5. The minimum Gasteiger partial charge on any atom is -0.396 e. The van der Waals surface area contributed by atoms with Crippen molar-refractivity contribution in [2.24, 2.45) is 5.92 Å². The summed E-state index contributed by atoms with van der Waals surface area (Å²) in [6.45, 7) is 7.63. The Morgan fingerprint density at radius 3 is 2.08 bits per heavy atom. The smallest absolute Gasteiger partial charge is 0.161 e. The number of allylic oxidation sites excluding steroid dienone is 1. The zero-order valence-electron chi connectivity index (χ0n) is 8.35. The van der Waals surface area contributed by atoms with Crippen LogP contribution in [0.2, 0.25) is 0 Å². The Labute approximate surface area is 74.3 Å². The Morgan fingerprint density at radius 2 is 1.83 bits per heavy atom. The molecule has 0 aromatic rings. The van der Waals surface area contributed by atoms with Crippen LogP contribution in [0.4, 0.5) is 0 Å². The number of aliphatic hydroxyl groups is 1. The van der Waals surface area contributed by atoms with E-state index in [2.05, 4.69) is 0 Å². The molecule has 0 saturated carbocycles. The van der Waals surface area contributed by atoms with Crippen LogP contribution >= 0.6 is 0 Å². The number of ketones is 1. The van der Waals surface area contributed by atoms with E-state index in [0.717, 1.165) is 11.1 Å². The number of hydrogen-bond acceptors (Lipinski definition) is 2. The van der Waals surface area contributed by atoms with Crippen molar-refractivity contribution in [2.45, 2.75) is 34.1 Å². The third kappa shape index (κ3) is 3.18. The van der Waals surface area contributed by atoms with Gasteiger partial charge in [0.25, 0.3) is 0 Å². The van der Waals surface area contributed by atoms with Crippen LogP contribution < -0.4 is 0 Å². The summed E-state index contributed by atoms with van der Waals surface area (Å²) in [4.78, 5) is 11.5. The molecule has 0 rings (SSSR count). The number of carbonyl (C=O) groups is 1. The highest BCUT2D eigenvalue weighted by molar-refractivity contribution is 5.97. The van der Waals surface area contributed by atoms with E-state index >= 15 is 0 Å². The van der Waals surface area contributed by atoms with Gasteiger partial charge < -0.3 is 5.11 Å². The third-order valence-corrected chi connectivity index (χ3v) is 1.79. The van der Waals surface area contributed by atoms with Gasteiger partial charge in [0.1, 0.15) is 0 Å². The summed E-state index contributed by atoms with van der Waals surface area (Å²) in [5.74, 6) is 0.186. The Hall–Kier alpha value is -0.630. The van der Waals surface area contributed by atoms with Crippen molar-refractivity contribution in [1.82, 2.24) is 0 Å². The van der Waals surface area contributed by atoms with Crippen molar-refractivity contribution < 1.29 is 9.90 Å². The molecule has 0 aromatic heterocycles. The van der Waals surface area contributed by atoms with E-state index < -0.39 is 0 Å². The summed E-state index contributed by atoms with van der Waals surface area (Å²) >= 11 is 0. The zero-order chi connectivity index (χ0) is 9.72. The highest BCUT2D eigenvalue weighted by Gasteiger charge is 2.13. The molecule has 12 heavy (non-hydrogen) atoms. The summed E-state index contributed by atoms with van der Waals surface area (Å²) in [5, 5.41) is 8.73. The van der Waals surface area contributed by atoms with Gasteiger partial charge in [-0.3, -0.25) is 4.79 Å². The van der Waals surface area contributed by atoms with E-state index in [1.54, 1.807) is 0 Å². The van der Waals surface area contributed by atoms with E-state index in [1.165, 1.54) is 0 Å². The Morgan fingerprint density at radius 1 is 1.33 bits per heavy atom. The molecule has 0 bridgehead atoms. The predicted octanol–water partition coefficient (Wildman–Crippen LogP) is 1.93. The fraction of sp³-hybridized carbons (Fsp3) is 0.700. The summed E-state index contributed by atoms with van der Waals surface area (Å²) in [6.07, 6.45) is 0.485. The van der Waals surface area contributed by atoms with E-state index in [9.17, 15) is 4.79 Å². The number of hydrogen-bond donors (Lipinski definition) is 1. The quantitative estimate of drug-likeness (QED) is 0.654. The second-order valence-corrected chi connectivity index (χ2v) is 3.47. The summed E-state index contributed by atoms with van der Waals surface area (Å²) in [7, 11) is 0. The van der Waals surface area contributed by atoms with Crippen LogP contribution in [0.25, 0.3) is 0 Å². The third-order valence-electron chi connectivity index (χ3n) is 1.79. The molecule has 0 atom stereocenters. The van der Waals surface area contributed by atoms with Gasteiger partial charge in [-0.15, -0.1) is 0 Å². The molecule has 0 unspecified atom stereocenters. The van der Waals surface area contributed by atoms with Gasteiger partial charge in [0.05, 0.1) is 0 Å². The molecule has 2 nitrogen and oxygen atoms in total. The average Bonchev–Trinajstić information content (AvgIpc) is 1.98. The van der Waals surface area contributed by atoms with Crippen LogP contribution in [0.15, 0.2) is 11.1 Å². The number of Topliss-reactive ketones (excluding diaryl/α,β-unsaturated/α-hetero) is 1. The van der Waals surface area contributed by atoms with Crippen LogP contribution in [0.3, 0.4) is 0 Å². The van der Waals surface area contributed by atoms with E-state index in [-0.39, 0.29) is 18.3 Å². The molecule has 70 valence electrons. The van der Waals surface area contributed by atoms with Gasteiger partial charge in [-0.1, -0.05) is 19.4 Å². The van der Waals surface area contributed by atoms with Crippen molar-refractivity contribution in [3.05, 3.63) is 11.1 Å². The summed E-state index contributed by atoms with van der Waals surface area (Å²) in [6, 6.07) is 0. The van der Waals surface area contributed by atoms with Gasteiger partial charge in [0.15, 0.2) is 5.78 Å². The first-order valence-corrected chi connectivity index (χ1v) is 4.32. The lowest BCUT2D eigenvalue weighted by molar-refractivity contribution is -0.118. The number of rotatable bonds is 4. The minimum atomic E-state index is 0.0291. The maximum absolute atomic E-state index is 11.5. The van der Waals surface area contributed by atoms with Gasteiger partial charge in [-0.05, 0) is 25.8 Å². The lowest BCUT2D eigenvalue weighted by Crippen LogP contribution is -2.12. The van der Waals surface area contributed by atoms with Gasteiger partial charge in [-0.25, -0.2) is 0 Å². The first-order chi connectivity index (χ1) is 5.50. The van der Waals surface area contributed by atoms with Crippen LogP contribution in [0.5, 0.6) is 0 Å². The van der Waals surface area contributed by atoms with Gasteiger partial charge in [-0.2, -0.15) is 0 Å². The van der Waals surface area contributed by atoms with E-state index in [1.807, 2.05) is 27.7 Å². The summed E-state index contributed by atoms with van der Waals surface area (Å²) < 4.78 is 0. The molecular weight excluding hydrogens is 152 g/mol. The van der Waals surface area contributed by atoms with Crippen molar-refractivity contribution in [2.75, 3.05) is 6.61 Å². The fourth-order valence-corrected chi connectivity index (χ4v) is 1.08. The predicted molar refractivity (Wildman–Crippen MR) is 49.9 cm³/mol. The zero-order valence-corrected chi connectivity index (χ0v) is 8.35. The molecular formula is C10H18O2. The molecule has 0 saturated heterocycles. The van der Waals surface area contributed by atoms with Gasteiger partial charge >= 0.3 is 0 Å². The van der Waals surface area contributed by atoms with Crippen molar-refractivity contribution >= 4 is 5.78 Å². The highest BCUT2D eigenvalue weighted by atomic mass is 16.3. The van der Waals surface area contributed by atoms with Gasteiger partial charge in [0.2, 0.25) is 0 Å². The normalized spacial score (nSPS) is 10.2. The van der Waals surface area contributed by atoms with Crippen molar-refractivity contribution in [3.8, 4) is 0 Å². The topological polar surface area (TPSA) is 37.3 Å². The number of carbonyl (C=O) groups excluding carboxylic acids is 1. The second kappa shape index (κ2) is 5.09. The second-order valence-electron chi connectivity index (χ2n) is 3.47. The van der Waals surface area contributed by atoms with Crippen LogP contribution in [-0.2, 0) is 4.79 Å². The molecule has 0 aliphatic rings. The van der Waals surface area contributed by atoms with Crippen molar-refractivity contribution in [1.29, 1.82) is 0 Å². The number of aliphatic hydroxyl groups excluding tert-OH is 1. The molecule has 0 fully saturated rings. The molecule has 0 aliphatic heterocycles. The Bertz CT molecular complexity index is 186. The Balaban J connectivity index is 4.54. The first-order valence-electron chi connectivity index (χ1n) is 4.32. The van der Waals surface area contributed by atoms with Crippen LogP contribution in [0.1, 0.15) is 34.1 Å². The first kappa shape index (κ1) is 11.4. The maximum Gasteiger partial charge on any atom is 0.161 e. The van der Waals surface area contributed by atoms with Crippen molar-refractivity contribution in [3.63, 3.8) is 0 Å². The fourth-order valence-electron chi connectivity index (χ4n) is 1.08. The highest BCUT2D eigenvalue weighted by Crippen LogP contribution is 2.13. The lowest BCUT2D eigenvalue weighted by Gasteiger charge is -2.09. The Kier molecular flexibility index (Phi) is 4.83. The van der Waals surface area contributed by atoms with Crippen LogP contribution in [0, 0.1) is 5.92 Å². The monoisotopic (exact) mass is 170 g/mol. The largest absolute Gasteiger partial charge is 0.396 e. The standard InChI is InChI=1S/C10H18O2/c1-7(2)9(5-6-11)10(12)8(3)4/h8,11H,5-6H2,1-4H3. The lowest BCUT2D eigenvalue weighted by atomic mass is 9.95. The van der Waals surface area contributed by atoms with E-state index in [0.29, 0.717) is 6.42 Å². The minimum absolute atomic E-state index is 0.0291. The average molecular weight is 170 g/mol. The molecule has 0 radical (unpaired) electrons. The molecule has 0 heterocycles. The summed E-state index contributed by atoms with van der Waals surface area (Å²) in [5.41, 5.74) is 1.80. The SMILES string of the molecule is CC(C)=C(CCO)C(=O)C(C)C. The van der Waals surface area contributed by atoms with Crippen LogP contribution in [-0.4, -0.2) is 17.5 Å². The molecule has 2 heteroatoms. The van der Waals surface area contributed by atoms with Gasteiger partial charge in [0, 0.05) is 12.5 Å². The molecule has 0 aromatic carbocycles. The molecule has 0 aliphatic carbocycles. The molecule has 1 N–H and O–H groups in total. The molecule has 0 amide bonds.